The summed E-state index contributed by atoms with van der Waals surface area (Å²) < 4.78 is 1.71. The summed E-state index contributed by atoms with van der Waals surface area (Å²) in [5, 5.41) is 19.4. The summed E-state index contributed by atoms with van der Waals surface area (Å²) in [7, 11) is 1.80. The van der Waals surface area contributed by atoms with Crippen LogP contribution in [-0.2, 0) is 16.6 Å². The number of allylic oxidation sites excluding steroid dienone is 1. The number of carbonyl (C=O) groups is 3. The highest BCUT2D eigenvalue weighted by molar-refractivity contribution is 7.20. The van der Waals surface area contributed by atoms with Crippen LogP contribution in [0, 0.1) is 6.92 Å². The first kappa shape index (κ1) is 19.6. The lowest BCUT2D eigenvalue weighted by Crippen LogP contribution is -2.50. The van der Waals surface area contributed by atoms with Crippen LogP contribution in [0.25, 0.3) is 10.2 Å². The van der Waals surface area contributed by atoms with E-state index in [4.69, 9.17) is 5.11 Å². The van der Waals surface area contributed by atoms with E-state index in [1.54, 1.807) is 23.9 Å². The van der Waals surface area contributed by atoms with Crippen molar-refractivity contribution in [1.82, 2.24) is 20.4 Å². The lowest BCUT2D eigenvalue weighted by Gasteiger charge is -2.18. The largest absolute Gasteiger partial charge is 0.480 e. The Kier molecular flexibility index (Phi) is 6.14. The zero-order valence-electron chi connectivity index (χ0n) is 14.9. The highest BCUT2D eigenvalue weighted by Crippen LogP contribution is 2.27. The normalized spacial score (nSPS) is 13.2. The van der Waals surface area contributed by atoms with E-state index < -0.39 is 24.0 Å². The van der Waals surface area contributed by atoms with Gasteiger partial charge in [0, 0.05) is 12.4 Å². The van der Waals surface area contributed by atoms with E-state index in [2.05, 4.69) is 22.3 Å². The molecular weight excluding hydrogens is 356 g/mol. The Morgan fingerprint density at radius 3 is 2.69 bits per heavy atom. The number of aryl methyl sites for hydroxylation is 2. The van der Waals surface area contributed by atoms with E-state index in [0.29, 0.717) is 11.3 Å². The summed E-state index contributed by atoms with van der Waals surface area (Å²) in [6.45, 7) is 6.91. The van der Waals surface area contributed by atoms with Crippen molar-refractivity contribution in [2.45, 2.75) is 38.8 Å². The molecule has 2 atom stereocenters. The Balaban J connectivity index is 2.02. The minimum Gasteiger partial charge on any atom is -0.480 e. The van der Waals surface area contributed by atoms with Gasteiger partial charge in [-0.25, -0.2) is 4.79 Å². The summed E-state index contributed by atoms with van der Waals surface area (Å²) in [5.41, 5.74) is 0.829. The zero-order valence-corrected chi connectivity index (χ0v) is 15.7. The van der Waals surface area contributed by atoms with Crippen LogP contribution < -0.4 is 10.6 Å². The van der Waals surface area contributed by atoms with Gasteiger partial charge in [0.25, 0.3) is 5.91 Å². The Hall–Kier alpha value is -2.68. The van der Waals surface area contributed by atoms with Crippen LogP contribution in [0.5, 0.6) is 0 Å². The number of rotatable bonds is 8. The number of thiophene rings is 1. The van der Waals surface area contributed by atoms with Crippen LogP contribution in [0.1, 0.15) is 35.1 Å². The number of hydrogen-bond donors (Lipinski definition) is 3. The van der Waals surface area contributed by atoms with Gasteiger partial charge in [-0.1, -0.05) is 6.08 Å². The van der Waals surface area contributed by atoms with Gasteiger partial charge >= 0.3 is 5.97 Å². The molecule has 0 fully saturated rings. The van der Waals surface area contributed by atoms with Crippen molar-refractivity contribution in [3.05, 3.63) is 29.3 Å². The molecule has 0 spiro atoms. The Bertz CT molecular complexity index is 820. The van der Waals surface area contributed by atoms with E-state index in [-0.39, 0.29) is 12.3 Å². The van der Waals surface area contributed by atoms with Gasteiger partial charge in [0.2, 0.25) is 5.91 Å². The van der Waals surface area contributed by atoms with Crippen molar-refractivity contribution < 1.29 is 19.5 Å². The number of amides is 2. The minimum atomic E-state index is -1.12. The fraction of sp³-hybridized carbons (Fsp3) is 0.412. The second-order valence-corrected chi connectivity index (χ2v) is 7.03. The van der Waals surface area contributed by atoms with Gasteiger partial charge in [0.05, 0.1) is 10.6 Å². The molecule has 0 radical (unpaired) electrons. The van der Waals surface area contributed by atoms with Crippen molar-refractivity contribution in [3.8, 4) is 0 Å². The maximum Gasteiger partial charge on any atom is 0.326 e. The molecule has 2 aromatic rings. The molecule has 8 nitrogen and oxygen atoms in total. The van der Waals surface area contributed by atoms with Crippen LogP contribution in [-0.4, -0.2) is 44.8 Å². The number of fused-ring (bicyclic) bond motifs is 1. The van der Waals surface area contributed by atoms with Gasteiger partial charge in [0.15, 0.2) is 0 Å². The molecule has 0 aliphatic carbocycles. The molecule has 9 heteroatoms. The van der Waals surface area contributed by atoms with E-state index in [9.17, 15) is 14.4 Å². The molecule has 2 rings (SSSR count). The predicted octanol–water partition coefficient (Wildman–Crippen LogP) is 1.60. The number of carboxylic acid groups (broad SMARTS) is 1. The quantitative estimate of drug-likeness (QED) is 0.604. The molecule has 0 saturated carbocycles. The first-order valence-corrected chi connectivity index (χ1v) is 8.94. The number of nitrogens with one attached hydrogen (secondary N) is 2. The number of carbonyl (C=O) groups excluding carboxylic acids is 2. The molecule has 26 heavy (non-hydrogen) atoms. The molecule has 0 aliphatic rings. The fourth-order valence-electron chi connectivity index (χ4n) is 2.49. The van der Waals surface area contributed by atoms with Crippen molar-refractivity contribution in [2.75, 3.05) is 0 Å². The summed E-state index contributed by atoms with van der Waals surface area (Å²) >= 11 is 1.29. The summed E-state index contributed by atoms with van der Waals surface area (Å²) in [4.78, 5) is 37.1. The SMILES string of the molecule is C=CCCC(NC(=O)C(C)NC(=O)c1cc2c(C)nn(C)c2s1)C(=O)O. The Labute approximate surface area is 154 Å². The maximum atomic E-state index is 12.4. The van der Waals surface area contributed by atoms with Gasteiger partial charge in [-0.05, 0) is 32.8 Å². The fourth-order valence-corrected chi connectivity index (χ4v) is 3.52. The van der Waals surface area contributed by atoms with E-state index in [0.717, 1.165) is 15.9 Å². The van der Waals surface area contributed by atoms with Crippen molar-refractivity contribution in [1.29, 1.82) is 0 Å². The highest BCUT2D eigenvalue weighted by atomic mass is 32.1. The number of aliphatic carboxylic acids is 1. The third kappa shape index (κ3) is 4.29. The molecule has 140 valence electrons. The highest BCUT2D eigenvalue weighted by Gasteiger charge is 2.24. The molecule has 2 amide bonds. The molecule has 0 saturated heterocycles. The lowest BCUT2D eigenvalue weighted by atomic mass is 10.1. The molecular formula is C17H22N4O4S. The number of aromatic nitrogens is 2. The van der Waals surface area contributed by atoms with Gasteiger partial charge in [-0.2, -0.15) is 5.10 Å². The molecule has 0 aromatic carbocycles. The predicted molar refractivity (Wildman–Crippen MR) is 99.3 cm³/mol. The zero-order chi connectivity index (χ0) is 19.4. The number of nitrogens with zero attached hydrogens (tertiary/aromatic N) is 2. The van der Waals surface area contributed by atoms with Crippen LogP contribution in [0.4, 0.5) is 0 Å². The first-order chi connectivity index (χ1) is 12.2. The molecule has 2 aromatic heterocycles. The average Bonchev–Trinajstić information content (AvgIpc) is 3.13. The Morgan fingerprint density at radius 2 is 2.12 bits per heavy atom. The molecule has 2 unspecified atom stereocenters. The maximum absolute atomic E-state index is 12.4. The molecule has 3 N–H and O–H groups in total. The summed E-state index contributed by atoms with van der Waals surface area (Å²) in [6.07, 6.45) is 2.30. The smallest absolute Gasteiger partial charge is 0.326 e. The van der Waals surface area contributed by atoms with Gasteiger partial charge in [-0.15, -0.1) is 17.9 Å². The lowest BCUT2D eigenvalue weighted by molar-refractivity contribution is -0.142. The molecule has 0 aliphatic heterocycles. The van der Waals surface area contributed by atoms with Gasteiger partial charge in [0.1, 0.15) is 16.9 Å². The topological polar surface area (TPSA) is 113 Å². The third-order valence-corrected chi connectivity index (χ3v) is 5.14. The molecule has 2 heterocycles. The second kappa shape index (κ2) is 8.13. The minimum absolute atomic E-state index is 0.244. The van der Waals surface area contributed by atoms with E-state index in [1.807, 2.05) is 6.92 Å². The van der Waals surface area contributed by atoms with Gasteiger partial charge < -0.3 is 15.7 Å². The average molecular weight is 378 g/mol. The third-order valence-electron chi connectivity index (χ3n) is 3.93. The first-order valence-electron chi connectivity index (χ1n) is 8.12. The van der Waals surface area contributed by atoms with Crippen molar-refractivity contribution in [2.24, 2.45) is 7.05 Å². The van der Waals surface area contributed by atoms with Crippen LogP contribution in [0.3, 0.4) is 0 Å². The van der Waals surface area contributed by atoms with Crippen LogP contribution in [0.2, 0.25) is 0 Å². The van der Waals surface area contributed by atoms with E-state index >= 15 is 0 Å². The Morgan fingerprint density at radius 1 is 1.42 bits per heavy atom. The van der Waals surface area contributed by atoms with Gasteiger partial charge in [-0.3, -0.25) is 14.3 Å². The standard InChI is InChI=1S/C17H22N4O4S/c1-5-6-7-12(17(24)25)19-14(22)10(3)18-15(23)13-8-11-9(2)20-21(4)16(11)26-13/h5,8,10,12H,1,6-7H2,2-4H3,(H,18,23)(H,19,22)(H,24,25). The van der Waals surface area contributed by atoms with E-state index in [1.165, 1.54) is 18.3 Å². The van der Waals surface area contributed by atoms with Crippen LogP contribution in [0.15, 0.2) is 18.7 Å². The number of carboxylic acids is 1. The summed E-state index contributed by atoms with van der Waals surface area (Å²) in [6, 6.07) is -0.137. The summed E-state index contributed by atoms with van der Waals surface area (Å²) in [5.74, 6) is -2.05. The molecule has 0 bridgehead atoms. The van der Waals surface area contributed by atoms with Crippen molar-refractivity contribution >= 4 is 39.3 Å². The number of hydrogen-bond acceptors (Lipinski definition) is 5. The van der Waals surface area contributed by atoms with Crippen molar-refractivity contribution in [3.63, 3.8) is 0 Å². The van der Waals surface area contributed by atoms with Crippen LogP contribution >= 0.6 is 11.3 Å². The second-order valence-electron chi connectivity index (χ2n) is 6.00. The monoisotopic (exact) mass is 378 g/mol.